The fourth-order valence-corrected chi connectivity index (χ4v) is 7.36. The molecule has 4 N–H and O–H groups in total. The summed E-state index contributed by atoms with van der Waals surface area (Å²) in [6, 6.07) is 17.2. The maximum atomic E-state index is 16.0. The maximum Gasteiger partial charge on any atom is 0.323 e. The minimum absolute atomic E-state index is 0.0340. The lowest BCUT2D eigenvalue weighted by atomic mass is 9.91. The molecule has 1 saturated heterocycles. The van der Waals surface area contributed by atoms with Gasteiger partial charge < -0.3 is 20.3 Å². The van der Waals surface area contributed by atoms with Crippen LogP contribution in [-0.2, 0) is 17.9 Å². The normalized spacial score (nSPS) is 16.8. The Bertz CT molecular complexity index is 2140. The zero-order chi connectivity index (χ0) is 35.9. The number of halogens is 3. The lowest BCUT2D eigenvalue weighted by molar-refractivity contribution is -0.140. The number of aromatic nitrogens is 2. The quantitative estimate of drug-likeness (QED) is 0.101. The molecular weight excluding hydrogens is 692 g/mol. The van der Waals surface area contributed by atoms with Crippen LogP contribution in [0.2, 0.25) is 10.0 Å². The van der Waals surface area contributed by atoms with Crippen molar-refractivity contribution in [1.29, 1.82) is 0 Å². The summed E-state index contributed by atoms with van der Waals surface area (Å²) in [5.41, 5.74) is 5.14. The number of nitrogens with one attached hydrogen (secondary N) is 2. The third-order valence-electron chi connectivity index (χ3n) is 9.81. The van der Waals surface area contributed by atoms with E-state index < -0.39 is 17.3 Å². The third-order valence-corrected chi connectivity index (χ3v) is 10.6. The van der Waals surface area contributed by atoms with Crippen molar-refractivity contribution in [2.45, 2.75) is 57.8 Å². The molecule has 1 aliphatic heterocycles. The van der Waals surface area contributed by atoms with Gasteiger partial charge in [-0.1, -0.05) is 53.5 Å². The van der Waals surface area contributed by atoms with Crippen molar-refractivity contribution < 1.29 is 24.1 Å². The number of carboxylic acids is 1. The number of β-amino-alcohol motifs (C(OH)–C–C–N with tert-alkyl or cyclic N) is 1. The number of aliphatic hydroxyl groups excluding tert-OH is 1. The summed E-state index contributed by atoms with van der Waals surface area (Å²) >= 11 is 13.8. The SMILES string of the molecule is CCOc1cc(-c2cccc(-c3cccc(Nc4nccc5cc(CN6CCC(O)C6)cnc45)c3Cl)c2C)c(Cl)c(F)c1CNC1(C(=O)O)CC1. The van der Waals surface area contributed by atoms with Crippen LogP contribution in [-0.4, -0.2) is 62.4 Å². The zero-order valence-electron chi connectivity index (χ0n) is 28.3. The number of pyridine rings is 2. The molecule has 9 nitrogen and oxygen atoms in total. The van der Waals surface area contributed by atoms with Crippen LogP contribution in [0.5, 0.6) is 5.75 Å². The summed E-state index contributed by atoms with van der Waals surface area (Å²) in [6.07, 6.45) is 5.05. The monoisotopic (exact) mass is 729 g/mol. The molecule has 1 atom stereocenters. The molecule has 3 aromatic carbocycles. The molecule has 264 valence electrons. The predicted molar refractivity (Wildman–Crippen MR) is 198 cm³/mol. The van der Waals surface area contributed by atoms with Crippen molar-refractivity contribution in [3.8, 4) is 28.0 Å². The van der Waals surface area contributed by atoms with Gasteiger partial charge in [-0.15, -0.1) is 0 Å². The van der Waals surface area contributed by atoms with E-state index >= 15 is 4.39 Å². The van der Waals surface area contributed by atoms with Crippen LogP contribution in [0, 0.1) is 12.7 Å². The van der Waals surface area contributed by atoms with Gasteiger partial charge in [0.15, 0.2) is 11.6 Å². The molecule has 2 aromatic heterocycles. The Hall–Kier alpha value is -4.32. The molecule has 0 amide bonds. The van der Waals surface area contributed by atoms with Crippen LogP contribution < -0.4 is 15.4 Å². The van der Waals surface area contributed by atoms with E-state index in [2.05, 4.69) is 26.6 Å². The highest BCUT2D eigenvalue weighted by molar-refractivity contribution is 6.36. The van der Waals surface area contributed by atoms with Crippen LogP contribution in [0.4, 0.5) is 15.9 Å². The van der Waals surface area contributed by atoms with Gasteiger partial charge in [-0.25, -0.2) is 9.37 Å². The first-order valence-corrected chi connectivity index (χ1v) is 17.8. The minimum Gasteiger partial charge on any atom is -0.493 e. The molecule has 0 spiro atoms. The van der Waals surface area contributed by atoms with Crippen molar-refractivity contribution >= 4 is 51.6 Å². The highest BCUT2D eigenvalue weighted by atomic mass is 35.5. The number of fused-ring (bicyclic) bond motifs is 1. The highest BCUT2D eigenvalue weighted by Crippen LogP contribution is 2.44. The maximum absolute atomic E-state index is 16.0. The number of rotatable bonds is 12. The fourth-order valence-electron chi connectivity index (χ4n) is 6.82. The molecule has 5 aromatic rings. The summed E-state index contributed by atoms with van der Waals surface area (Å²) in [6.45, 7) is 6.24. The predicted octanol–water partition coefficient (Wildman–Crippen LogP) is 8.13. The van der Waals surface area contributed by atoms with E-state index in [1.54, 1.807) is 19.2 Å². The Kier molecular flexibility index (Phi) is 9.88. The number of ether oxygens (including phenoxy) is 1. The summed E-state index contributed by atoms with van der Waals surface area (Å²) < 4.78 is 21.9. The smallest absolute Gasteiger partial charge is 0.323 e. The number of likely N-dealkylation sites (tertiary alicyclic amines) is 1. The second-order valence-electron chi connectivity index (χ2n) is 13.2. The average Bonchev–Trinajstić information content (AvgIpc) is 3.81. The number of nitrogens with zero attached hydrogens (tertiary/aromatic N) is 3. The van der Waals surface area contributed by atoms with Crippen molar-refractivity contribution in [1.82, 2.24) is 20.2 Å². The third kappa shape index (κ3) is 6.99. The molecule has 0 bridgehead atoms. The number of aliphatic carboxylic acids is 1. The van der Waals surface area contributed by atoms with E-state index in [9.17, 15) is 15.0 Å². The van der Waals surface area contributed by atoms with Gasteiger partial charge in [-0.05, 0) is 79.6 Å². The Morgan fingerprint density at radius 3 is 2.51 bits per heavy atom. The van der Waals surface area contributed by atoms with Crippen LogP contribution in [0.3, 0.4) is 0 Å². The van der Waals surface area contributed by atoms with E-state index in [0.29, 0.717) is 58.3 Å². The van der Waals surface area contributed by atoms with Gasteiger partial charge >= 0.3 is 5.97 Å². The number of hydrogen-bond donors (Lipinski definition) is 4. The number of hydrogen-bond acceptors (Lipinski definition) is 8. The molecule has 1 unspecified atom stereocenters. The van der Waals surface area contributed by atoms with Crippen LogP contribution in [0.25, 0.3) is 33.2 Å². The van der Waals surface area contributed by atoms with Gasteiger partial charge in [-0.3, -0.25) is 20.0 Å². The molecule has 1 aliphatic carbocycles. The van der Waals surface area contributed by atoms with Crippen molar-refractivity contribution in [3.05, 3.63) is 99.5 Å². The van der Waals surface area contributed by atoms with E-state index in [-0.39, 0.29) is 29.8 Å². The second-order valence-corrected chi connectivity index (χ2v) is 14.0. The lowest BCUT2D eigenvalue weighted by Crippen LogP contribution is -2.38. The Balaban J connectivity index is 1.19. The molecule has 1 saturated carbocycles. The highest BCUT2D eigenvalue weighted by Gasteiger charge is 2.50. The summed E-state index contributed by atoms with van der Waals surface area (Å²) in [7, 11) is 0. The van der Waals surface area contributed by atoms with E-state index in [4.69, 9.17) is 32.9 Å². The van der Waals surface area contributed by atoms with Gasteiger partial charge in [0.25, 0.3) is 0 Å². The largest absolute Gasteiger partial charge is 0.493 e. The first-order chi connectivity index (χ1) is 24.6. The topological polar surface area (TPSA) is 120 Å². The molecule has 7 rings (SSSR count). The number of benzene rings is 3. The summed E-state index contributed by atoms with van der Waals surface area (Å²) in [4.78, 5) is 23.2. The van der Waals surface area contributed by atoms with Gasteiger partial charge in [0, 0.05) is 60.6 Å². The first kappa shape index (κ1) is 35.1. The van der Waals surface area contributed by atoms with Gasteiger partial charge in [-0.2, -0.15) is 0 Å². The van der Waals surface area contributed by atoms with Crippen molar-refractivity contribution in [2.75, 3.05) is 25.0 Å². The van der Waals surface area contributed by atoms with Crippen LogP contribution in [0.1, 0.15) is 42.9 Å². The van der Waals surface area contributed by atoms with Crippen molar-refractivity contribution in [2.24, 2.45) is 0 Å². The number of aliphatic hydroxyl groups is 1. The molecular formula is C39H38Cl2FN5O4. The number of anilines is 2. The average molecular weight is 731 g/mol. The van der Waals surface area contributed by atoms with Crippen LogP contribution in [0.15, 0.2) is 67.0 Å². The standard InChI is InChI=1S/C39H38Cl2FN5O4/c1-3-51-32-17-29(34(41)35(42)30(32)19-45-39(12-13-39)38(49)50)27-7-4-6-26(22(27)2)28-8-5-9-31(33(28)40)46-37-36-24(10-14-43-37)16-23(18-44-36)20-47-15-11-25(48)21-47/h4-10,14,16-18,25,45,48H,3,11-13,15,19-21H2,1-2H3,(H,43,46)(H,49,50). The fraction of sp³-hybridized carbons (Fsp3) is 0.308. The Morgan fingerprint density at radius 2 is 1.80 bits per heavy atom. The van der Waals surface area contributed by atoms with Crippen LogP contribution >= 0.6 is 23.2 Å². The lowest BCUT2D eigenvalue weighted by Gasteiger charge is -2.20. The summed E-state index contributed by atoms with van der Waals surface area (Å²) in [5.74, 6) is -0.742. The van der Waals surface area contributed by atoms with Gasteiger partial charge in [0.05, 0.1) is 28.4 Å². The van der Waals surface area contributed by atoms with E-state index in [1.165, 1.54) is 0 Å². The Morgan fingerprint density at radius 1 is 1.06 bits per heavy atom. The summed E-state index contributed by atoms with van der Waals surface area (Å²) in [5, 5.41) is 27.2. The molecule has 12 heteroatoms. The van der Waals surface area contributed by atoms with Gasteiger partial charge in [0.1, 0.15) is 16.8 Å². The first-order valence-electron chi connectivity index (χ1n) is 17.0. The van der Waals surface area contributed by atoms with E-state index in [0.717, 1.165) is 47.2 Å². The van der Waals surface area contributed by atoms with E-state index in [1.807, 2.05) is 55.6 Å². The molecule has 51 heavy (non-hydrogen) atoms. The van der Waals surface area contributed by atoms with Crippen molar-refractivity contribution in [3.63, 3.8) is 0 Å². The Labute approximate surface area is 305 Å². The molecule has 2 fully saturated rings. The minimum atomic E-state index is -1.04. The molecule has 2 aliphatic rings. The zero-order valence-corrected chi connectivity index (χ0v) is 29.8. The number of carbonyl (C=O) groups is 1. The van der Waals surface area contributed by atoms with Gasteiger partial charge in [0.2, 0.25) is 0 Å². The number of carboxylic acid groups (broad SMARTS) is 1. The molecule has 0 radical (unpaired) electrons. The second kappa shape index (κ2) is 14.4. The molecule has 3 heterocycles.